The Morgan fingerprint density at radius 1 is 1.06 bits per heavy atom. The van der Waals surface area contributed by atoms with Crippen molar-refractivity contribution in [1.82, 2.24) is 0 Å². The average molecular weight is 272 g/mol. The van der Waals surface area contributed by atoms with Crippen molar-refractivity contribution in [2.75, 3.05) is 5.73 Å². The summed E-state index contributed by atoms with van der Waals surface area (Å²) in [5.74, 6) is -1.35. The van der Waals surface area contributed by atoms with Crippen LogP contribution in [0.25, 0.3) is 0 Å². The van der Waals surface area contributed by atoms with Gasteiger partial charge >= 0.3 is 0 Å². The van der Waals surface area contributed by atoms with Gasteiger partial charge in [-0.25, -0.2) is 8.78 Å². The lowest BCUT2D eigenvalue weighted by Crippen LogP contribution is -1.92. The second-order valence-corrected chi connectivity index (χ2v) is 4.89. The molecular weight excluding hydrogens is 264 g/mol. The first-order valence-corrected chi connectivity index (χ1v) is 5.93. The van der Waals surface area contributed by atoms with Crippen LogP contribution < -0.4 is 5.73 Å². The number of hydrogen-bond acceptors (Lipinski definition) is 2. The Morgan fingerprint density at radius 2 is 1.71 bits per heavy atom. The SMILES string of the molecule is Nc1cc(F)c(Sc2cccc(Cl)c2)c(F)c1. The number of halogens is 3. The number of nitrogen functional groups attached to an aromatic ring is 1. The average Bonchev–Trinajstić information content (AvgIpc) is 2.23. The zero-order valence-electron chi connectivity index (χ0n) is 8.58. The van der Waals surface area contributed by atoms with Gasteiger partial charge in [0.2, 0.25) is 0 Å². The van der Waals surface area contributed by atoms with E-state index in [0.29, 0.717) is 9.92 Å². The molecule has 0 amide bonds. The molecule has 5 heteroatoms. The predicted molar refractivity (Wildman–Crippen MR) is 66.3 cm³/mol. The molecule has 0 spiro atoms. The molecule has 17 heavy (non-hydrogen) atoms. The van der Waals surface area contributed by atoms with E-state index in [4.69, 9.17) is 17.3 Å². The van der Waals surface area contributed by atoms with Crippen LogP contribution in [-0.2, 0) is 0 Å². The summed E-state index contributed by atoms with van der Waals surface area (Å²) in [5.41, 5.74) is 5.40. The molecule has 0 unspecified atom stereocenters. The first kappa shape index (κ1) is 12.2. The summed E-state index contributed by atoms with van der Waals surface area (Å²) in [4.78, 5) is 0.585. The molecule has 0 aromatic heterocycles. The minimum absolute atomic E-state index is 0.0652. The van der Waals surface area contributed by atoms with Gasteiger partial charge in [0.05, 0.1) is 4.90 Å². The Balaban J connectivity index is 2.36. The predicted octanol–water partition coefficient (Wildman–Crippen LogP) is 4.35. The molecule has 1 nitrogen and oxygen atoms in total. The lowest BCUT2D eigenvalue weighted by Gasteiger charge is -2.06. The maximum atomic E-state index is 13.5. The largest absolute Gasteiger partial charge is 0.399 e. The standard InChI is InChI=1S/C12H8ClF2NS/c13-7-2-1-3-9(4-7)17-12-10(14)5-8(16)6-11(12)15/h1-6H,16H2. The topological polar surface area (TPSA) is 26.0 Å². The number of benzene rings is 2. The van der Waals surface area contributed by atoms with E-state index >= 15 is 0 Å². The molecule has 88 valence electrons. The van der Waals surface area contributed by atoms with E-state index in [9.17, 15) is 8.78 Å². The van der Waals surface area contributed by atoms with E-state index in [2.05, 4.69) is 0 Å². The van der Waals surface area contributed by atoms with Crippen molar-refractivity contribution >= 4 is 29.1 Å². The summed E-state index contributed by atoms with van der Waals surface area (Å²) in [6.07, 6.45) is 0. The van der Waals surface area contributed by atoms with Crippen molar-refractivity contribution in [2.24, 2.45) is 0 Å². The van der Waals surface area contributed by atoms with E-state index < -0.39 is 11.6 Å². The van der Waals surface area contributed by atoms with Crippen LogP contribution in [0.2, 0.25) is 5.02 Å². The summed E-state index contributed by atoms with van der Waals surface area (Å²) in [7, 11) is 0. The first-order chi connectivity index (χ1) is 8.06. The summed E-state index contributed by atoms with van der Waals surface area (Å²) in [6.45, 7) is 0. The second-order valence-electron chi connectivity index (χ2n) is 3.37. The maximum absolute atomic E-state index is 13.5. The van der Waals surface area contributed by atoms with Gasteiger partial charge in [-0.3, -0.25) is 0 Å². The highest BCUT2D eigenvalue weighted by molar-refractivity contribution is 7.99. The zero-order valence-corrected chi connectivity index (χ0v) is 10.2. The lowest BCUT2D eigenvalue weighted by molar-refractivity contribution is 0.542. The van der Waals surface area contributed by atoms with Gasteiger partial charge < -0.3 is 5.73 Å². The number of rotatable bonds is 2. The Bertz CT molecular complexity index is 537. The summed E-state index contributed by atoms with van der Waals surface area (Å²) in [6, 6.07) is 8.97. The second kappa shape index (κ2) is 4.94. The van der Waals surface area contributed by atoms with Crippen molar-refractivity contribution in [2.45, 2.75) is 9.79 Å². The molecular formula is C12H8ClF2NS. The highest BCUT2D eigenvalue weighted by Crippen LogP contribution is 2.34. The molecule has 0 atom stereocenters. The third-order valence-electron chi connectivity index (χ3n) is 2.04. The van der Waals surface area contributed by atoms with Gasteiger partial charge in [0.1, 0.15) is 11.6 Å². The molecule has 0 saturated heterocycles. The third-order valence-corrected chi connectivity index (χ3v) is 3.36. The van der Waals surface area contributed by atoms with Gasteiger partial charge in [-0.1, -0.05) is 29.4 Å². The van der Waals surface area contributed by atoms with E-state index in [1.807, 2.05) is 0 Å². The van der Waals surface area contributed by atoms with Crippen LogP contribution in [0.3, 0.4) is 0 Å². The number of anilines is 1. The highest BCUT2D eigenvalue weighted by atomic mass is 35.5. The van der Waals surface area contributed by atoms with E-state index in [1.54, 1.807) is 24.3 Å². The van der Waals surface area contributed by atoms with Crippen LogP contribution in [0, 0.1) is 11.6 Å². The van der Waals surface area contributed by atoms with Gasteiger partial charge in [0.15, 0.2) is 0 Å². The zero-order chi connectivity index (χ0) is 12.4. The van der Waals surface area contributed by atoms with Gasteiger partial charge in [-0.05, 0) is 30.3 Å². The summed E-state index contributed by atoms with van der Waals surface area (Å²) < 4.78 is 27.0. The van der Waals surface area contributed by atoms with Crippen LogP contribution >= 0.6 is 23.4 Å². The molecule has 0 bridgehead atoms. The Hall–Kier alpha value is -1.26. The van der Waals surface area contributed by atoms with Gasteiger partial charge in [0, 0.05) is 15.6 Å². The Labute approximate surface area is 107 Å². The molecule has 0 aliphatic rings. The molecule has 2 N–H and O–H groups in total. The molecule has 0 aliphatic carbocycles. The normalized spacial score (nSPS) is 10.5. The Kier molecular flexibility index (Phi) is 3.54. The van der Waals surface area contributed by atoms with E-state index in [0.717, 1.165) is 23.9 Å². The maximum Gasteiger partial charge on any atom is 0.142 e. The fraction of sp³-hybridized carbons (Fsp3) is 0. The Morgan fingerprint density at radius 3 is 2.29 bits per heavy atom. The summed E-state index contributed by atoms with van der Waals surface area (Å²) >= 11 is 6.77. The van der Waals surface area contributed by atoms with Gasteiger partial charge in [0.25, 0.3) is 0 Å². The van der Waals surface area contributed by atoms with Crippen molar-refractivity contribution in [1.29, 1.82) is 0 Å². The van der Waals surface area contributed by atoms with Crippen molar-refractivity contribution in [3.8, 4) is 0 Å². The molecule has 0 aliphatic heterocycles. The van der Waals surface area contributed by atoms with Crippen LogP contribution in [0.5, 0.6) is 0 Å². The van der Waals surface area contributed by atoms with Crippen molar-refractivity contribution < 1.29 is 8.78 Å². The van der Waals surface area contributed by atoms with Crippen LogP contribution in [0.1, 0.15) is 0 Å². The minimum Gasteiger partial charge on any atom is -0.399 e. The number of hydrogen-bond donors (Lipinski definition) is 1. The van der Waals surface area contributed by atoms with Gasteiger partial charge in [-0.2, -0.15) is 0 Å². The molecule has 0 fully saturated rings. The van der Waals surface area contributed by atoms with Crippen molar-refractivity contribution in [3.63, 3.8) is 0 Å². The first-order valence-electron chi connectivity index (χ1n) is 4.74. The molecule has 0 heterocycles. The summed E-state index contributed by atoms with van der Waals surface area (Å²) in [5, 5.41) is 0.520. The molecule has 0 saturated carbocycles. The fourth-order valence-corrected chi connectivity index (χ4v) is 2.46. The molecule has 2 aromatic carbocycles. The highest BCUT2D eigenvalue weighted by Gasteiger charge is 2.12. The van der Waals surface area contributed by atoms with E-state index in [-0.39, 0.29) is 10.6 Å². The van der Waals surface area contributed by atoms with Crippen molar-refractivity contribution in [3.05, 3.63) is 53.1 Å². The molecule has 2 aromatic rings. The van der Waals surface area contributed by atoms with Gasteiger partial charge in [-0.15, -0.1) is 0 Å². The van der Waals surface area contributed by atoms with Crippen LogP contribution in [0.15, 0.2) is 46.2 Å². The number of nitrogens with two attached hydrogens (primary N) is 1. The van der Waals surface area contributed by atoms with Crippen LogP contribution in [0.4, 0.5) is 14.5 Å². The third kappa shape index (κ3) is 2.90. The quantitative estimate of drug-likeness (QED) is 0.822. The molecule has 2 rings (SSSR count). The minimum atomic E-state index is -0.674. The lowest BCUT2D eigenvalue weighted by atomic mass is 10.3. The fourth-order valence-electron chi connectivity index (χ4n) is 1.33. The van der Waals surface area contributed by atoms with Crippen LogP contribution in [-0.4, -0.2) is 0 Å². The van der Waals surface area contributed by atoms with E-state index in [1.165, 1.54) is 0 Å². The molecule has 0 radical (unpaired) electrons. The monoisotopic (exact) mass is 271 g/mol. The smallest absolute Gasteiger partial charge is 0.142 e.